The molecule has 1 fully saturated rings. The second kappa shape index (κ2) is 2.34. The van der Waals surface area contributed by atoms with E-state index in [0.717, 1.165) is 0 Å². The highest BCUT2D eigenvalue weighted by molar-refractivity contribution is 5.27. The van der Waals surface area contributed by atoms with Crippen LogP contribution in [0.3, 0.4) is 0 Å². The summed E-state index contributed by atoms with van der Waals surface area (Å²) in [5.41, 5.74) is 1.21. The average Bonchev–Trinajstić information content (AvgIpc) is 2.38. The third-order valence-corrected chi connectivity index (χ3v) is 2.67. The Labute approximate surface area is 69.1 Å². The molecule has 0 aliphatic heterocycles. The molecule has 1 aliphatic carbocycles. The highest BCUT2D eigenvalue weighted by Crippen LogP contribution is 2.50. The first-order valence-corrected chi connectivity index (χ1v) is 4.22. The maximum Gasteiger partial charge on any atom is 0.0659 e. The maximum absolute atomic E-state index is 9.81. The minimum Gasteiger partial charge on any atom is -0.392 e. The number of hydrogen-bond acceptors (Lipinski definition) is 1. The lowest BCUT2D eigenvalue weighted by Crippen LogP contribution is -2.28. The molecule has 1 N–H and O–H groups in total. The Bertz CT molecular complexity index is 176. The molecule has 1 rings (SSSR count). The van der Waals surface area contributed by atoms with Gasteiger partial charge in [-0.1, -0.05) is 39.8 Å². The first kappa shape index (κ1) is 8.79. The Balaban J connectivity index is 2.58. The zero-order valence-electron chi connectivity index (χ0n) is 7.89. The van der Waals surface area contributed by atoms with Crippen LogP contribution in [0.5, 0.6) is 0 Å². The number of aliphatic hydroxyl groups excluding tert-OH is 1. The van der Waals surface area contributed by atoms with Gasteiger partial charge in [0.2, 0.25) is 0 Å². The largest absolute Gasteiger partial charge is 0.392 e. The molecule has 0 saturated heterocycles. The number of aliphatic hydroxyl groups is 1. The molecule has 3 atom stereocenters. The molecule has 0 spiro atoms. The molecule has 0 aromatic rings. The van der Waals surface area contributed by atoms with Gasteiger partial charge in [0.25, 0.3) is 0 Å². The van der Waals surface area contributed by atoms with E-state index >= 15 is 0 Å². The van der Waals surface area contributed by atoms with E-state index in [2.05, 4.69) is 34.3 Å². The van der Waals surface area contributed by atoms with Gasteiger partial charge in [0, 0.05) is 5.92 Å². The van der Waals surface area contributed by atoms with Crippen molar-refractivity contribution in [3.8, 4) is 0 Å². The summed E-state index contributed by atoms with van der Waals surface area (Å²) < 4.78 is 0. The van der Waals surface area contributed by atoms with Crippen LogP contribution in [0.2, 0.25) is 0 Å². The molecule has 0 radical (unpaired) electrons. The molecule has 1 heteroatoms. The van der Waals surface area contributed by atoms with E-state index in [4.69, 9.17) is 0 Å². The molecule has 64 valence electrons. The monoisotopic (exact) mass is 154 g/mol. The third-order valence-electron chi connectivity index (χ3n) is 2.67. The van der Waals surface area contributed by atoms with Crippen molar-refractivity contribution in [2.75, 3.05) is 0 Å². The van der Waals surface area contributed by atoms with Crippen LogP contribution in [0.25, 0.3) is 0 Å². The van der Waals surface area contributed by atoms with Gasteiger partial charge in [0.15, 0.2) is 0 Å². The molecule has 0 amide bonds. The standard InChI is InChI=1S/C10H18O/c1-6-7(2)8(6)9(11)10(3,4)5/h7-9,11H,1H2,2-5H3/t7-,8-,9+/m1/s1. The highest BCUT2D eigenvalue weighted by atomic mass is 16.3. The quantitative estimate of drug-likeness (QED) is 0.574. The summed E-state index contributed by atoms with van der Waals surface area (Å²) in [7, 11) is 0. The number of hydrogen-bond donors (Lipinski definition) is 1. The molecule has 11 heavy (non-hydrogen) atoms. The summed E-state index contributed by atoms with van der Waals surface area (Å²) in [5, 5.41) is 9.81. The van der Waals surface area contributed by atoms with Gasteiger partial charge < -0.3 is 5.11 Å². The van der Waals surface area contributed by atoms with Crippen molar-refractivity contribution in [3.63, 3.8) is 0 Å². The lowest BCUT2D eigenvalue weighted by Gasteiger charge is -2.25. The summed E-state index contributed by atoms with van der Waals surface area (Å²) >= 11 is 0. The molecule has 0 aromatic carbocycles. The van der Waals surface area contributed by atoms with Crippen molar-refractivity contribution >= 4 is 0 Å². The maximum atomic E-state index is 9.81. The van der Waals surface area contributed by atoms with E-state index in [0.29, 0.717) is 11.8 Å². The minimum absolute atomic E-state index is 0.00162. The van der Waals surface area contributed by atoms with E-state index in [1.165, 1.54) is 5.57 Å². The minimum atomic E-state index is -0.218. The van der Waals surface area contributed by atoms with Crippen LogP contribution in [-0.2, 0) is 0 Å². The Morgan fingerprint density at radius 3 is 1.91 bits per heavy atom. The van der Waals surface area contributed by atoms with E-state index < -0.39 is 0 Å². The van der Waals surface area contributed by atoms with Crippen molar-refractivity contribution in [1.29, 1.82) is 0 Å². The summed E-state index contributed by atoms with van der Waals surface area (Å²) in [6.07, 6.45) is -0.218. The predicted octanol–water partition coefficient (Wildman–Crippen LogP) is 2.22. The fourth-order valence-corrected chi connectivity index (χ4v) is 1.51. The van der Waals surface area contributed by atoms with Gasteiger partial charge in [-0.25, -0.2) is 0 Å². The first-order valence-electron chi connectivity index (χ1n) is 4.22. The summed E-state index contributed by atoms with van der Waals surface area (Å²) in [4.78, 5) is 0. The lowest BCUT2D eigenvalue weighted by molar-refractivity contribution is 0.0431. The normalized spacial score (nSPS) is 33.7. The summed E-state index contributed by atoms with van der Waals surface area (Å²) in [6, 6.07) is 0. The SMILES string of the molecule is C=C1[C@@H]([C@H](O)C(C)(C)C)[C@@H]1C. The van der Waals surface area contributed by atoms with Crippen molar-refractivity contribution < 1.29 is 5.11 Å². The molecule has 1 saturated carbocycles. The Kier molecular flexibility index (Phi) is 1.87. The Morgan fingerprint density at radius 1 is 1.45 bits per heavy atom. The Hall–Kier alpha value is -0.300. The van der Waals surface area contributed by atoms with Crippen LogP contribution in [0, 0.1) is 17.3 Å². The summed E-state index contributed by atoms with van der Waals surface area (Å²) in [5.74, 6) is 0.888. The molecule has 1 aliphatic rings. The van der Waals surface area contributed by atoms with E-state index in [1.807, 2.05) is 0 Å². The van der Waals surface area contributed by atoms with E-state index in [1.54, 1.807) is 0 Å². The third kappa shape index (κ3) is 1.48. The number of rotatable bonds is 1. The van der Waals surface area contributed by atoms with Crippen molar-refractivity contribution in [2.24, 2.45) is 17.3 Å². The zero-order chi connectivity index (χ0) is 8.81. The molecular formula is C10H18O. The molecule has 0 heterocycles. The van der Waals surface area contributed by atoms with Crippen LogP contribution < -0.4 is 0 Å². The smallest absolute Gasteiger partial charge is 0.0659 e. The Morgan fingerprint density at radius 2 is 1.82 bits per heavy atom. The molecule has 1 nitrogen and oxygen atoms in total. The van der Waals surface area contributed by atoms with Gasteiger partial charge in [0.1, 0.15) is 0 Å². The van der Waals surface area contributed by atoms with Gasteiger partial charge >= 0.3 is 0 Å². The average molecular weight is 154 g/mol. The van der Waals surface area contributed by atoms with Crippen LogP contribution in [0.1, 0.15) is 27.7 Å². The van der Waals surface area contributed by atoms with Crippen LogP contribution in [0.4, 0.5) is 0 Å². The van der Waals surface area contributed by atoms with Gasteiger partial charge in [-0.05, 0) is 11.3 Å². The van der Waals surface area contributed by atoms with Crippen molar-refractivity contribution in [1.82, 2.24) is 0 Å². The first-order chi connectivity index (χ1) is 4.85. The predicted molar refractivity (Wildman–Crippen MR) is 47.3 cm³/mol. The van der Waals surface area contributed by atoms with Gasteiger partial charge in [-0.2, -0.15) is 0 Å². The van der Waals surface area contributed by atoms with Crippen LogP contribution in [-0.4, -0.2) is 11.2 Å². The zero-order valence-corrected chi connectivity index (χ0v) is 7.89. The molecule has 0 aromatic heterocycles. The molecular weight excluding hydrogens is 136 g/mol. The molecule has 0 bridgehead atoms. The fraction of sp³-hybridized carbons (Fsp3) is 0.800. The van der Waals surface area contributed by atoms with E-state index in [-0.39, 0.29) is 11.5 Å². The molecule has 0 unspecified atom stereocenters. The van der Waals surface area contributed by atoms with Crippen LogP contribution in [0.15, 0.2) is 12.2 Å². The van der Waals surface area contributed by atoms with Gasteiger partial charge in [-0.3, -0.25) is 0 Å². The fourth-order valence-electron chi connectivity index (χ4n) is 1.51. The second-order valence-corrected chi connectivity index (χ2v) is 4.70. The van der Waals surface area contributed by atoms with E-state index in [9.17, 15) is 5.11 Å². The highest BCUT2D eigenvalue weighted by Gasteiger charge is 2.47. The van der Waals surface area contributed by atoms with Crippen LogP contribution >= 0.6 is 0 Å². The lowest BCUT2D eigenvalue weighted by atomic mass is 9.85. The van der Waals surface area contributed by atoms with Crippen molar-refractivity contribution in [3.05, 3.63) is 12.2 Å². The van der Waals surface area contributed by atoms with Gasteiger partial charge in [-0.15, -0.1) is 0 Å². The van der Waals surface area contributed by atoms with Crippen molar-refractivity contribution in [2.45, 2.75) is 33.8 Å². The summed E-state index contributed by atoms with van der Waals surface area (Å²) in [6.45, 7) is 12.2. The second-order valence-electron chi connectivity index (χ2n) is 4.70. The van der Waals surface area contributed by atoms with Gasteiger partial charge in [0.05, 0.1) is 6.10 Å². The topological polar surface area (TPSA) is 20.2 Å².